The van der Waals surface area contributed by atoms with E-state index < -0.39 is 0 Å². The normalized spacial score (nSPS) is 12.8. The van der Waals surface area contributed by atoms with E-state index in [0.29, 0.717) is 13.1 Å². The minimum Gasteiger partial charge on any atom is -0.358 e. The molecule has 1 rings (SSSR count). The molecule has 16 heavy (non-hydrogen) atoms. The van der Waals surface area contributed by atoms with Gasteiger partial charge in [0.2, 0.25) is 5.91 Å². The summed E-state index contributed by atoms with van der Waals surface area (Å²) >= 11 is 0. The van der Waals surface area contributed by atoms with Crippen LogP contribution in [0.1, 0.15) is 11.6 Å². The maximum absolute atomic E-state index is 11.3. The van der Waals surface area contributed by atoms with Gasteiger partial charge in [-0.25, -0.2) is 0 Å². The standard InChI is InChI=1S/C10H19N5O/c1-12-10(16)7-14(2)9(4-11)8-5-13-15(3)6-8/h5-6,9H,4,7,11H2,1-3H3,(H,12,16). The van der Waals surface area contributed by atoms with E-state index in [2.05, 4.69) is 10.4 Å². The number of rotatable bonds is 5. The number of nitrogens with zero attached hydrogens (tertiary/aromatic N) is 3. The lowest BCUT2D eigenvalue weighted by atomic mass is 10.1. The Labute approximate surface area is 95.4 Å². The number of nitrogens with two attached hydrogens (primary N) is 1. The number of likely N-dealkylation sites (N-methyl/N-ethyl adjacent to an activating group) is 2. The molecule has 1 atom stereocenters. The summed E-state index contributed by atoms with van der Waals surface area (Å²) in [5.41, 5.74) is 6.75. The van der Waals surface area contributed by atoms with E-state index >= 15 is 0 Å². The lowest BCUT2D eigenvalue weighted by Gasteiger charge is -2.25. The van der Waals surface area contributed by atoms with Crippen LogP contribution in [-0.4, -0.2) is 47.8 Å². The highest BCUT2D eigenvalue weighted by Crippen LogP contribution is 2.16. The number of nitrogens with one attached hydrogen (secondary N) is 1. The minimum atomic E-state index is -0.0233. The third kappa shape index (κ3) is 3.04. The molecule has 1 amide bonds. The predicted octanol–water partition coefficient (Wildman–Crippen LogP) is -0.902. The highest BCUT2D eigenvalue weighted by atomic mass is 16.1. The molecule has 1 aromatic rings. The molecule has 0 aliphatic rings. The summed E-state index contributed by atoms with van der Waals surface area (Å²) in [5.74, 6) is -0.0233. The summed E-state index contributed by atoms with van der Waals surface area (Å²) in [7, 11) is 5.35. The van der Waals surface area contributed by atoms with Gasteiger partial charge in [-0.15, -0.1) is 0 Å². The van der Waals surface area contributed by atoms with Gasteiger partial charge in [-0.05, 0) is 7.05 Å². The Hall–Kier alpha value is -1.40. The number of aromatic nitrogens is 2. The molecular formula is C10H19N5O. The van der Waals surface area contributed by atoms with Gasteiger partial charge in [0.05, 0.1) is 18.8 Å². The molecule has 1 unspecified atom stereocenters. The van der Waals surface area contributed by atoms with Crippen molar-refractivity contribution in [2.24, 2.45) is 12.8 Å². The van der Waals surface area contributed by atoms with Crippen LogP contribution in [0.25, 0.3) is 0 Å². The Morgan fingerprint density at radius 1 is 1.75 bits per heavy atom. The molecule has 3 N–H and O–H groups in total. The van der Waals surface area contributed by atoms with Crippen LogP contribution in [0.2, 0.25) is 0 Å². The summed E-state index contributed by atoms with van der Waals surface area (Å²) in [6, 6.07) is 0.0194. The molecule has 6 heteroatoms. The smallest absolute Gasteiger partial charge is 0.233 e. The van der Waals surface area contributed by atoms with Crippen molar-refractivity contribution in [3.05, 3.63) is 18.0 Å². The molecule has 0 fully saturated rings. The molecule has 0 spiro atoms. The minimum absolute atomic E-state index is 0.0194. The van der Waals surface area contributed by atoms with Crippen LogP contribution < -0.4 is 11.1 Å². The monoisotopic (exact) mass is 225 g/mol. The predicted molar refractivity (Wildman–Crippen MR) is 61.7 cm³/mol. The summed E-state index contributed by atoms with van der Waals surface area (Å²) in [5, 5.41) is 6.69. The van der Waals surface area contributed by atoms with E-state index in [1.807, 2.05) is 25.2 Å². The Balaban J connectivity index is 2.70. The van der Waals surface area contributed by atoms with Crippen LogP contribution in [0.3, 0.4) is 0 Å². The second kappa shape index (κ2) is 5.62. The molecular weight excluding hydrogens is 206 g/mol. The fourth-order valence-corrected chi connectivity index (χ4v) is 1.60. The SMILES string of the molecule is CNC(=O)CN(C)C(CN)c1cnn(C)c1. The molecule has 0 aliphatic carbocycles. The van der Waals surface area contributed by atoms with Gasteiger partial charge in [0, 0.05) is 32.4 Å². The lowest BCUT2D eigenvalue weighted by Crippen LogP contribution is -2.38. The van der Waals surface area contributed by atoms with Crippen molar-refractivity contribution in [1.82, 2.24) is 20.0 Å². The molecule has 0 aliphatic heterocycles. The van der Waals surface area contributed by atoms with Crippen molar-refractivity contribution in [2.45, 2.75) is 6.04 Å². The number of carbonyl (C=O) groups excluding carboxylic acids is 1. The molecule has 1 heterocycles. The Morgan fingerprint density at radius 3 is 2.88 bits per heavy atom. The number of hydrogen-bond donors (Lipinski definition) is 2. The van der Waals surface area contributed by atoms with Crippen molar-refractivity contribution in [3.8, 4) is 0 Å². The first-order chi connectivity index (χ1) is 7.58. The molecule has 1 aromatic heterocycles. The zero-order valence-corrected chi connectivity index (χ0v) is 9.97. The van der Waals surface area contributed by atoms with E-state index in [-0.39, 0.29) is 11.9 Å². The second-order valence-electron chi connectivity index (χ2n) is 3.79. The van der Waals surface area contributed by atoms with E-state index in [4.69, 9.17) is 5.73 Å². The molecule has 0 saturated heterocycles. The van der Waals surface area contributed by atoms with Crippen LogP contribution in [0.5, 0.6) is 0 Å². The van der Waals surface area contributed by atoms with Gasteiger partial charge in [-0.3, -0.25) is 14.4 Å². The van der Waals surface area contributed by atoms with E-state index in [9.17, 15) is 4.79 Å². The molecule has 6 nitrogen and oxygen atoms in total. The number of aryl methyl sites for hydroxylation is 1. The molecule has 90 valence electrons. The maximum Gasteiger partial charge on any atom is 0.233 e. The zero-order chi connectivity index (χ0) is 12.1. The fourth-order valence-electron chi connectivity index (χ4n) is 1.60. The van der Waals surface area contributed by atoms with E-state index in [1.165, 1.54) is 0 Å². The van der Waals surface area contributed by atoms with Gasteiger partial charge in [-0.2, -0.15) is 5.10 Å². The Morgan fingerprint density at radius 2 is 2.44 bits per heavy atom. The van der Waals surface area contributed by atoms with Crippen LogP contribution >= 0.6 is 0 Å². The summed E-state index contributed by atoms with van der Waals surface area (Å²) in [4.78, 5) is 13.2. The summed E-state index contributed by atoms with van der Waals surface area (Å²) < 4.78 is 1.73. The number of hydrogen-bond acceptors (Lipinski definition) is 4. The highest BCUT2D eigenvalue weighted by Gasteiger charge is 2.18. The van der Waals surface area contributed by atoms with Gasteiger partial charge in [0.1, 0.15) is 0 Å². The van der Waals surface area contributed by atoms with E-state index in [0.717, 1.165) is 5.56 Å². The number of amides is 1. The first-order valence-corrected chi connectivity index (χ1v) is 5.18. The van der Waals surface area contributed by atoms with Crippen molar-refractivity contribution in [2.75, 3.05) is 27.2 Å². The first-order valence-electron chi connectivity index (χ1n) is 5.18. The van der Waals surface area contributed by atoms with Crippen LogP contribution in [0, 0.1) is 0 Å². The highest BCUT2D eigenvalue weighted by molar-refractivity contribution is 5.77. The third-order valence-electron chi connectivity index (χ3n) is 2.54. The van der Waals surface area contributed by atoms with Gasteiger partial charge < -0.3 is 11.1 Å². The quantitative estimate of drug-likeness (QED) is 0.681. The zero-order valence-electron chi connectivity index (χ0n) is 9.97. The van der Waals surface area contributed by atoms with Crippen LogP contribution in [-0.2, 0) is 11.8 Å². The molecule has 0 radical (unpaired) electrons. The van der Waals surface area contributed by atoms with Crippen LogP contribution in [0.15, 0.2) is 12.4 Å². The van der Waals surface area contributed by atoms with Gasteiger partial charge in [0.15, 0.2) is 0 Å². The van der Waals surface area contributed by atoms with Gasteiger partial charge >= 0.3 is 0 Å². The maximum atomic E-state index is 11.3. The van der Waals surface area contributed by atoms with Gasteiger partial charge in [0.25, 0.3) is 0 Å². The summed E-state index contributed by atoms with van der Waals surface area (Å²) in [6.07, 6.45) is 3.69. The second-order valence-corrected chi connectivity index (χ2v) is 3.79. The molecule has 0 aromatic carbocycles. The first kappa shape index (κ1) is 12.7. The van der Waals surface area contributed by atoms with E-state index in [1.54, 1.807) is 17.9 Å². The van der Waals surface area contributed by atoms with Crippen LogP contribution in [0.4, 0.5) is 0 Å². The van der Waals surface area contributed by atoms with Crippen molar-refractivity contribution >= 4 is 5.91 Å². The Bertz CT molecular complexity index is 349. The average molecular weight is 225 g/mol. The van der Waals surface area contributed by atoms with Crippen molar-refractivity contribution < 1.29 is 4.79 Å². The summed E-state index contributed by atoms with van der Waals surface area (Å²) in [6.45, 7) is 0.784. The Kier molecular flexibility index (Phi) is 4.45. The molecule has 0 bridgehead atoms. The third-order valence-corrected chi connectivity index (χ3v) is 2.54. The fraction of sp³-hybridized carbons (Fsp3) is 0.600. The lowest BCUT2D eigenvalue weighted by molar-refractivity contribution is -0.121. The van der Waals surface area contributed by atoms with Gasteiger partial charge in [-0.1, -0.05) is 0 Å². The average Bonchev–Trinajstić information content (AvgIpc) is 2.65. The van der Waals surface area contributed by atoms with Crippen molar-refractivity contribution in [3.63, 3.8) is 0 Å². The van der Waals surface area contributed by atoms with Crippen molar-refractivity contribution in [1.29, 1.82) is 0 Å². The largest absolute Gasteiger partial charge is 0.358 e. The molecule has 0 saturated carbocycles. The number of carbonyl (C=O) groups is 1. The topological polar surface area (TPSA) is 76.2 Å².